The van der Waals surface area contributed by atoms with Crippen molar-refractivity contribution in [1.29, 1.82) is 0 Å². The van der Waals surface area contributed by atoms with Crippen molar-refractivity contribution in [3.8, 4) is 11.5 Å². The summed E-state index contributed by atoms with van der Waals surface area (Å²) in [5.74, 6) is 1.12. The summed E-state index contributed by atoms with van der Waals surface area (Å²) in [4.78, 5) is 4.45. The Morgan fingerprint density at radius 3 is 2.57 bits per heavy atom. The summed E-state index contributed by atoms with van der Waals surface area (Å²) in [6.45, 7) is 1.96. The molecule has 0 radical (unpaired) electrons. The summed E-state index contributed by atoms with van der Waals surface area (Å²) in [6, 6.07) is 12.9. The molecule has 0 aliphatic carbocycles. The maximum absolute atomic E-state index is 12.5. The van der Waals surface area contributed by atoms with Gasteiger partial charge in [-0.1, -0.05) is 24.3 Å². The lowest BCUT2D eigenvalue weighted by molar-refractivity contribution is 0.459. The summed E-state index contributed by atoms with van der Waals surface area (Å²) in [6.07, 6.45) is 0. The Labute approximate surface area is 139 Å². The highest BCUT2D eigenvalue weighted by molar-refractivity contribution is 7.91. The molecule has 0 aliphatic rings. The zero-order valence-electron chi connectivity index (χ0n) is 12.8. The van der Waals surface area contributed by atoms with Gasteiger partial charge in [-0.25, -0.2) is 13.4 Å². The van der Waals surface area contributed by atoms with Gasteiger partial charge in [0.05, 0.1) is 12.2 Å². The van der Waals surface area contributed by atoms with Crippen LogP contribution in [-0.4, -0.2) is 24.8 Å². The van der Waals surface area contributed by atoms with E-state index >= 15 is 0 Å². The van der Waals surface area contributed by atoms with Crippen molar-refractivity contribution in [1.82, 2.24) is 9.29 Å². The van der Waals surface area contributed by atoms with Gasteiger partial charge in [0.25, 0.3) is 10.0 Å². The average molecular weight is 348 g/mol. The van der Waals surface area contributed by atoms with Gasteiger partial charge in [0, 0.05) is 12.6 Å². The molecule has 0 amide bonds. The summed E-state index contributed by atoms with van der Waals surface area (Å²) in [5, 5.41) is 1.75. The fraction of sp³-hybridized carbons (Fsp3) is 0.188. The number of rotatable bonds is 5. The van der Waals surface area contributed by atoms with Gasteiger partial charge in [0.15, 0.2) is 0 Å². The lowest BCUT2D eigenvalue weighted by Gasteiger charge is -2.14. The topological polar surface area (TPSA) is 63.4 Å². The van der Waals surface area contributed by atoms with Crippen molar-refractivity contribution in [2.75, 3.05) is 7.05 Å². The molecule has 0 bridgehead atoms. The van der Waals surface area contributed by atoms with Crippen LogP contribution in [0.4, 0.5) is 0 Å². The zero-order valence-corrected chi connectivity index (χ0v) is 14.4. The molecule has 23 heavy (non-hydrogen) atoms. The van der Waals surface area contributed by atoms with E-state index in [0.717, 1.165) is 5.56 Å². The smallest absolute Gasteiger partial charge is 0.252 e. The minimum absolute atomic E-state index is 0.169. The number of hydrogen-bond donors (Lipinski definition) is 0. The molecule has 2 aromatic heterocycles. The molecule has 0 saturated heterocycles. The average Bonchev–Trinajstić information content (AvgIpc) is 3.19. The van der Waals surface area contributed by atoms with Crippen molar-refractivity contribution in [2.45, 2.75) is 17.7 Å². The van der Waals surface area contributed by atoms with Crippen LogP contribution in [0.5, 0.6) is 0 Å². The Morgan fingerprint density at radius 1 is 1.17 bits per heavy atom. The first-order valence-electron chi connectivity index (χ1n) is 7.00. The van der Waals surface area contributed by atoms with E-state index < -0.39 is 10.0 Å². The highest BCUT2D eigenvalue weighted by Gasteiger charge is 2.24. The third kappa shape index (κ3) is 3.21. The van der Waals surface area contributed by atoms with E-state index in [1.807, 2.05) is 30.3 Å². The highest BCUT2D eigenvalue weighted by Crippen LogP contribution is 2.25. The van der Waals surface area contributed by atoms with Crippen LogP contribution in [0.3, 0.4) is 0 Å². The van der Waals surface area contributed by atoms with Gasteiger partial charge in [-0.2, -0.15) is 4.31 Å². The number of thiophene rings is 1. The van der Waals surface area contributed by atoms with E-state index in [9.17, 15) is 8.42 Å². The van der Waals surface area contributed by atoms with Gasteiger partial charge in [-0.3, -0.25) is 0 Å². The largest absolute Gasteiger partial charge is 0.441 e. The molecule has 3 rings (SSSR count). The molecule has 2 heterocycles. The van der Waals surface area contributed by atoms with E-state index in [4.69, 9.17) is 4.42 Å². The summed E-state index contributed by atoms with van der Waals surface area (Å²) in [5.41, 5.74) is 1.48. The van der Waals surface area contributed by atoms with E-state index in [1.165, 1.54) is 15.6 Å². The number of hydrogen-bond acceptors (Lipinski definition) is 5. The minimum Gasteiger partial charge on any atom is -0.441 e. The second kappa shape index (κ2) is 6.27. The van der Waals surface area contributed by atoms with Crippen molar-refractivity contribution in [3.63, 3.8) is 0 Å². The van der Waals surface area contributed by atoms with Crippen molar-refractivity contribution >= 4 is 21.4 Å². The summed E-state index contributed by atoms with van der Waals surface area (Å²) in [7, 11) is -1.95. The second-order valence-corrected chi connectivity index (χ2v) is 8.30. The third-order valence-electron chi connectivity index (χ3n) is 3.45. The number of oxazole rings is 1. The van der Waals surface area contributed by atoms with Crippen LogP contribution in [0.25, 0.3) is 11.5 Å². The molecule has 120 valence electrons. The summed E-state index contributed by atoms with van der Waals surface area (Å²) < 4.78 is 32.2. The SMILES string of the molecule is Cc1oc(-c2ccccc2)nc1CN(C)S(=O)(=O)c1cccs1. The number of sulfonamides is 1. The predicted octanol–water partition coefficient (Wildman–Crippen LogP) is 3.53. The molecular weight excluding hydrogens is 332 g/mol. The molecule has 0 spiro atoms. The first-order chi connectivity index (χ1) is 11.0. The molecule has 0 fully saturated rings. The van der Waals surface area contributed by atoms with E-state index in [-0.39, 0.29) is 6.54 Å². The van der Waals surface area contributed by atoms with Crippen LogP contribution in [0.2, 0.25) is 0 Å². The normalized spacial score (nSPS) is 12.0. The highest BCUT2D eigenvalue weighted by atomic mass is 32.2. The Morgan fingerprint density at radius 2 is 1.91 bits per heavy atom. The van der Waals surface area contributed by atoms with Gasteiger partial charge in [-0.05, 0) is 30.5 Å². The molecule has 7 heteroatoms. The number of aromatic nitrogens is 1. The van der Waals surface area contributed by atoms with E-state index in [0.29, 0.717) is 21.6 Å². The second-order valence-electron chi connectivity index (χ2n) is 5.08. The Balaban J connectivity index is 1.85. The van der Waals surface area contributed by atoms with Crippen molar-refractivity contribution in [2.24, 2.45) is 0 Å². The first kappa shape index (κ1) is 15.9. The Kier molecular flexibility index (Phi) is 4.34. The van der Waals surface area contributed by atoms with Crippen LogP contribution in [-0.2, 0) is 16.6 Å². The van der Waals surface area contributed by atoms with Crippen molar-refractivity contribution < 1.29 is 12.8 Å². The van der Waals surface area contributed by atoms with Gasteiger partial charge < -0.3 is 4.42 Å². The number of aryl methyl sites for hydroxylation is 1. The van der Waals surface area contributed by atoms with Crippen LogP contribution in [0.15, 0.2) is 56.5 Å². The van der Waals surface area contributed by atoms with Crippen molar-refractivity contribution in [3.05, 3.63) is 59.3 Å². The molecule has 5 nitrogen and oxygen atoms in total. The van der Waals surface area contributed by atoms with Gasteiger partial charge >= 0.3 is 0 Å². The third-order valence-corrected chi connectivity index (χ3v) is 6.62. The lowest BCUT2D eigenvalue weighted by Crippen LogP contribution is -2.26. The molecule has 1 aromatic carbocycles. The maximum atomic E-state index is 12.5. The molecule has 0 unspecified atom stereocenters. The zero-order chi connectivity index (χ0) is 16.4. The molecule has 0 saturated carbocycles. The van der Waals surface area contributed by atoms with Crippen LogP contribution in [0.1, 0.15) is 11.5 Å². The molecule has 3 aromatic rings. The van der Waals surface area contributed by atoms with Gasteiger partial charge in [-0.15, -0.1) is 11.3 Å². The van der Waals surface area contributed by atoms with E-state index in [2.05, 4.69) is 4.98 Å². The van der Waals surface area contributed by atoms with Crippen LogP contribution >= 0.6 is 11.3 Å². The fourth-order valence-corrected chi connectivity index (χ4v) is 4.47. The minimum atomic E-state index is -3.50. The molecule has 0 aliphatic heterocycles. The molecule has 0 atom stereocenters. The predicted molar refractivity (Wildman–Crippen MR) is 89.6 cm³/mol. The standard InChI is InChI=1S/C16H16N2O3S2/c1-12-14(17-16(21-12)13-7-4-3-5-8-13)11-18(2)23(19,20)15-9-6-10-22-15/h3-10H,11H2,1-2H3. The first-order valence-corrected chi connectivity index (χ1v) is 9.32. The lowest BCUT2D eigenvalue weighted by atomic mass is 10.2. The Hall–Kier alpha value is -1.96. The fourth-order valence-electron chi connectivity index (χ4n) is 2.14. The van der Waals surface area contributed by atoms with Gasteiger partial charge in [0.1, 0.15) is 9.97 Å². The van der Waals surface area contributed by atoms with Crippen LogP contribution in [0, 0.1) is 6.92 Å². The Bertz CT molecular complexity index is 885. The van der Waals surface area contributed by atoms with E-state index in [1.54, 1.807) is 31.5 Å². The quantitative estimate of drug-likeness (QED) is 0.707. The number of benzene rings is 1. The van der Waals surface area contributed by atoms with Crippen LogP contribution < -0.4 is 0 Å². The number of nitrogens with zero attached hydrogens (tertiary/aromatic N) is 2. The van der Waals surface area contributed by atoms with Gasteiger partial charge in [0.2, 0.25) is 5.89 Å². The maximum Gasteiger partial charge on any atom is 0.252 e. The monoisotopic (exact) mass is 348 g/mol. The summed E-state index contributed by atoms with van der Waals surface area (Å²) >= 11 is 1.20. The molecule has 0 N–H and O–H groups in total. The molecular formula is C16H16N2O3S2.